The van der Waals surface area contributed by atoms with Crippen LogP contribution in [0.5, 0.6) is 5.75 Å². The predicted octanol–water partition coefficient (Wildman–Crippen LogP) is 4.06. The number of hydrogen-bond donors (Lipinski definition) is 0. The standard InChI is InChI=1S/C14H13O/c1-2-11-9-6-10-13(14(11)15)12-7-4-3-5-8-12/h3-10H,2H2,1H3. The molecule has 15 heavy (non-hydrogen) atoms. The Labute approximate surface area is 90.0 Å². The van der Waals surface area contributed by atoms with E-state index >= 15 is 0 Å². The zero-order chi connectivity index (χ0) is 10.7. The van der Waals surface area contributed by atoms with Crippen LogP contribution in [0.25, 0.3) is 11.1 Å². The van der Waals surface area contributed by atoms with Crippen LogP contribution in [0.3, 0.4) is 0 Å². The molecule has 0 heterocycles. The Morgan fingerprint density at radius 3 is 2.33 bits per heavy atom. The summed E-state index contributed by atoms with van der Waals surface area (Å²) in [5.74, 6) is 0.159. The van der Waals surface area contributed by atoms with Crippen molar-refractivity contribution >= 4 is 0 Å². The zero-order valence-corrected chi connectivity index (χ0v) is 8.73. The second kappa shape index (κ2) is 4.18. The van der Waals surface area contributed by atoms with Gasteiger partial charge in [-0.05, 0) is 17.5 Å². The summed E-state index contributed by atoms with van der Waals surface area (Å²) in [5.41, 5.74) is 2.68. The van der Waals surface area contributed by atoms with Crippen molar-refractivity contribution in [1.82, 2.24) is 0 Å². The SMILES string of the molecule is CCc1cccc(-c2ccccc2)c1[O]. The van der Waals surface area contributed by atoms with E-state index in [-0.39, 0.29) is 5.75 Å². The Kier molecular flexibility index (Phi) is 2.72. The average Bonchev–Trinajstić information content (AvgIpc) is 2.30. The van der Waals surface area contributed by atoms with E-state index in [4.69, 9.17) is 0 Å². The Balaban J connectivity index is 2.54. The van der Waals surface area contributed by atoms with Crippen LogP contribution in [-0.4, -0.2) is 0 Å². The van der Waals surface area contributed by atoms with Crippen molar-refractivity contribution < 1.29 is 5.11 Å². The lowest BCUT2D eigenvalue weighted by Gasteiger charge is -2.05. The summed E-state index contributed by atoms with van der Waals surface area (Å²) in [5, 5.41) is 12.0. The van der Waals surface area contributed by atoms with Gasteiger partial charge in [0.25, 0.3) is 0 Å². The molecular weight excluding hydrogens is 184 g/mol. The van der Waals surface area contributed by atoms with Crippen molar-refractivity contribution in [1.29, 1.82) is 0 Å². The van der Waals surface area contributed by atoms with E-state index in [1.807, 2.05) is 55.5 Å². The zero-order valence-electron chi connectivity index (χ0n) is 8.73. The maximum atomic E-state index is 12.0. The fourth-order valence-electron chi connectivity index (χ4n) is 1.71. The number of para-hydroxylation sites is 1. The molecule has 2 aromatic carbocycles. The molecule has 0 aromatic heterocycles. The molecule has 0 aliphatic carbocycles. The monoisotopic (exact) mass is 197 g/mol. The van der Waals surface area contributed by atoms with Gasteiger partial charge in [-0.2, -0.15) is 0 Å². The van der Waals surface area contributed by atoms with E-state index in [0.29, 0.717) is 0 Å². The van der Waals surface area contributed by atoms with E-state index in [2.05, 4.69) is 0 Å². The molecule has 0 bridgehead atoms. The van der Waals surface area contributed by atoms with Crippen LogP contribution in [-0.2, 0) is 11.5 Å². The third kappa shape index (κ3) is 1.86. The molecular formula is C14H13O. The van der Waals surface area contributed by atoms with Crippen LogP contribution >= 0.6 is 0 Å². The predicted molar refractivity (Wildman–Crippen MR) is 61.4 cm³/mol. The first-order valence-corrected chi connectivity index (χ1v) is 5.17. The minimum atomic E-state index is 0.159. The maximum Gasteiger partial charge on any atom is 0.189 e. The van der Waals surface area contributed by atoms with Crippen LogP contribution in [0.15, 0.2) is 48.5 Å². The lowest BCUT2D eigenvalue weighted by molar-refractivity contribution is 0.352. The summed E-state index contributed by atoms with van der Waals surface area (Å²) < 4.78 is 0. The molecule has 0 aliphatic rings. The molecule has 2 aromatic rings. The summed E-state index contributed by atoms with van der Waals surface area (Å²) in [7, 11) is 0. The van der Waals surface area contributed by atoms with Crippen molar-refractivity contribution in [3.8, 4) is 16.9 Å². The molecule has 0 fully saturated rings. The van der Waals surface area contributed by atoms with Gasteiger partial charge in [0, 0.05) is 5.56 Å². The molecule has 1 nitrogen and oxygen atoms in total. The third-order valence-electron chi connectivity index (χ3n) is 2.56. The lowest BCUT2D eigenvalue weighted by Crippen LogP contribution is -1.84. The van der Waals surface area contributed by atoms with Crippen LogP contribution in [0, 0.1) is 0 Å². The molecule has 0 saturated carbocycles. The highest BCUT2D eigenvalue weighted by Gasteiger charge is 2.08. The molecule has 0 aliphatic heterocycles. The van der Waals surface area contributed by atoms with Crippen molar-refractivity contribution in [2.75, 3.05) is 0 Å². The molecule has 0 spiro atoms. The molecule has 1 radical (unpaired) electrons. The molecule has 0 atom stereocenters. The fourth-order valence-corrected chi connectivity index (χ4v) is 1.71. The first kappa shape index (κ1) is 9.78. The minimum absolute atomic E-state index is 0.159. The smallest absolute Gasteiger partial charge is 0.189 e. The highest BCUT2D eigenvalue weighted by atomic mass is 16.3. The van der Waals surface area contributed by atoms with Gasteiger partial charge >= 0.3 is 0 Å². The fraction of sp³-hybridized carbons (Fsp3) is 0.143. The Hall–Kier alpha value is -1.76. The van der Waals surface area contributed by atoms with Gasteiger partial charge < -0.3 is 0 Å². The van der Waals surface area contributed by atoms with Gasteiger partial charge in [0.05, 0.1) is 0 Å². The van der Waals surface area contributed by atoms with E-state index in [9.17, 15) is 5.11 Å². The van der Waals surface area contributed by atoms with Crippen molar-refractivity contribution in [2.45, 2.75) is 13.3 Å². The Bertz CT molecular complexity index is 446. The summed E-state index contributed by atoms with van der Waals surface area (Å²) in [6.45, 7) is 2.01. The van der Waals surface area contributed by atoms with Crippen LogP contribution in [0.4, 0.5) is 0 Å². The largest absolute Gasteiger partial charge is 0.289 e. The summed E-state index contributed by atoms with van der Waals surface area (Å²) >= 11 is 0. The minimum Gasteiger partial charge on any atom is -0.289 e. The highest BCUT2D eigenvalue weighted by Crippen LogP contribution is 2.32. The quantitative estimate of drug-likeness (QED) is 0.692. The Morgan fingerprint density at radius 2 is 1.67 bits per heavy atom. The highest BCUT2D eigenvalue weighted by molar-refractivity contribution is 5.71. The van der Waals surface area contributed by atoms with Crippen LogP contribution in [0.1, 0.15) is 12.5 Å². The summed E-state index contributed by atoms with van der Waals surface area (Å²) in [4.78, 5) is 0. The number of benzene rings is 2. The molecule has 75 valence electrons. The van der Waals surface area contributed by atoms with Gasteiger partial charge in [0.1, 0.15) is 0 Å². The third-order valence-corrected chi connectivity index (χ3v) is 2.56. The molecule has 2 rings (SSSR count). The first-order chi connectivity index (χ1) is 7.33. The van der Waals surface area contributed by atoms with E-state index in [1.165, 1.54) is 0 Å². The second-order valence-corrected chi connectivity index (χ2v) is 3.51. The lowest BCUT2D eigenvalue weighted by atomic mass is 10.0. The summed E-state index contributed by atoms with van der Waals surface area (Å²) in [6.07, 6.45) is 0.791. The van der Waals surface area contributed by atoms with Crippen molar-refractivity contribution in [2.24, 2.45) is 0 Å². The van der Waals surface area contributed by atoms with E-state index < -0.39 is 0 Å². The van der Waals surface area contributed by atoms with Gasteiger partial charge in [-0.15, -0.1) is 0 Å². The topological polar surface area (TPSA) is 19.9 Å². The summed E-state index contributed by atoms with van der Waals surface area (Å²) in [6, 6.07) is 15.5. The van der Waals surface area contributed by atoms with Gasteiger partial charge in [-0.3, -0.25) is 5.11 Å². The molecule has 0 amide bonds. The van der Waals surface area contributed by atoms with Gasteiger partial charge in [-0.1, -0.05) is 55.5 Å². The van der Waals surface area contributed by atoms with Crippen molar-refractivity contribution in [3.05, 3.63) is 54.1 Å². The number of hydrogen-bond acceptors (Lipinski definition) is 0. The number of rotatable bonds is 2. The molecule has 0 saturated heterocycles. The first-order valence-electron chi connectivity index (χ1n) is 5.17. The van der Waals surface area contributed by atoms with Gasteiger partial charge in [-0.25, -0.2) is 0 Å². The maximum absolute atomic E-state index is 12.0. The Morgan fingerprint density at radius 1 is 0.933 bits per heavy atom. The van der Waals surface area contributed by atoms with E-state index in [0.717, 1.165) is 23.1 Å². The normalized spacial score (nSPS) is 10.2. The molecule has 1 heteroatoms. The van der Waals surface area contributed by atoms with Crippen LogP contribution < -0.4 is 0 Å². The number of aryl methyl sites for hydroxylation is 1. The second-order valence-electron chi connectivity index (χ2n) is 3.51. The molecule has 0 unspecified atom stereocenters. The van der Waals surface area contributed by atoms with E-state index in [1.54, 1.807) is 0 Å². The molecule has 0 N–H and O–H groups in total. The van der Waals surface area contributed by atoms with Crippen molar-refractivity contribution in [3.63, 3.8) is 0 Å². The average molecular weight is 197 g/mol. The van der Waals surface area contributed by atoms with Gasteiger partial charge in [0.2, 0.25) is 0 Å². The van der Waals surface area contributed by atoms with Crippen LogP contribution in [0.2, 0.25) is 0 Å². The van der Waals surface area contributed by atoms with Gasteiger partial charge in [0.15, 0.2) is 5.75 Å².